The third-order valence-corrected chi connectivity index (χ3v) is 2.83. The Labute approximate surface area is 112 Å². The normalized spacial score (nSPS) is 10.8. The molecule has 0 amide bonds. The largest absolute Gasteiger partial charge is 0.465 e. The number of aryl methyl sites for hydroxylation is 1. The molecule has 2 N–H and O–H groups in total. The number of hydrogen-bond acceptors (Lipinski definition) is 4. The lowest BCUT2D eigenvalue weighted by atomic mass is 10.1. The van der Waals surface area contributed by atoms with Crippen molar-refractivity contribution < 1.29 is 9.53 Å². The van der Waals surface area contributed by atoms with E-state index in [1.54, 1.807) is 6.92 Å². The van der Waals surface area contributed by atoms with Crippen molar-refractivity contribution in [3.8, 4) is 0 Å². The third kappa shape index (κ3) is 3.79. The van der Waals surface area contributed by atoms with Gasteiger partial charge in [-0.05, 0) is 44.5 Å². The molecule has 0 unspecified atom stereocenters. The fraction of sp³-hybridized carbons (Fsp3) is 0.429. The van der Waals surface area contributed by atoms with Crippen molar-refractivity contribution in [3.63, 3.8) is 0 Å². The molecule has 0 aliphatic heterocycles. The van der Waals surface area contributed by atoms with Gasteiger partial charge in [-0.3, -0.25) is 4.79 Å². The third-order valence-electron chi connectivity index (χ3n) is 2.83. The number of carbonyl (C=O) groups is 1. The summed E-state index contributed by atoms with van der Waals surface area (Å²) in [6, 6.07) is 6.18. The second-order valence-corrected chi connectivity index (χ2v) is 4.41. The zero-order valence-corrected chi connectivity index (χ0v) is 11.3. The van der Waals surface area contributed by atoms with Gasteiger partial charge in [0.25, 0.3) is 0 Å². The van der Waals surface area contributed by atoms with Crippen LogP contribution in [-0.4, -0.2) is 35.6 Å². The maximum Gasteiger partial charge on any atom is 0.319 e. The van der Waals surface area contributed by atoms with E-state index in [4.69, 9.17) is 4.74 Å². The van der Waals surface area contributed by atoms with E-state index >= 15 is 0 Å². The number of imidazole rings is 1. The monoisotopic (exact) mass is 261 g/mol. The Bertz CT molecular complexity index is 563. The van der Waals surface area contributed by atoms with E-state index in [0.717, 1.165) is 29.8 Å². The summed E-state index contributed by atoms with van der Waals surface area (Å²) in [6.45, 7) is 5.19. The minimum atomic E-state index is -0.206. The van der Waals surface area contributed by atoms with Gasteiger partial charge in [0.15, 0.2) is 0 Å². The quantitative estimate of drug-likeness (QED) is 0.612. The fourth-order valence-electron chi connectivity index (χ4n) is 1.98. The van der Waals surface area contributed by atoms with Crippen molar-refractivity contribution >= 4 is 17.0 Å². The number of aromatic nitrogens is 2. The Morgan fingerprint density at radius 3 is 3.11 bits per heavy atom. The van der Waals surface area contributed by atoms with Crippen LogP contribution in [0.5, 0.6) is 0 Å². The molecule has 0 fully saturated rings. The fourth-order valence-corrected chi connectivity index (χ4v) is 1.98. The van der Waals surface area contributed by atoms with E-state index in [0.29, 0.717) is 6.61 Å². The predicted octanol–water partition coefficient (Wildman–Crippen LogP) is 1.57. The number of nitrogens with zero attached hydrogens (tertiary/aromatic N) is 1. The van der Waals surface area contributed by atoms with Gasteiger partial charge >= 0.3 is 5.97 Å². The topological polar surface area (TPSA) is 67.0 Å². The summed E-state index contributed by atoms with van der Waals surface area (Å²) in [4.78, 5) is 18.7. The van der Waals surface area contributed by atoms with E-state index in [9.17, 15) is 4.79 Å². The summed E-state index contributed by atoms with van der Waals surface area (Å²) in [5, 5.41) is 3.07. The van der Waals surface area contributed by atoms with E-state index in [-0.39, 0.29) is 12.5 Å². The van der Waals surface area contributed by atoms with Crippen LogP contribution in [0.25, 0.3) is 11.0 Å². The average molecular weight is 261 g/mol. The van der Waals surface area contributed by atoms with Crippen molar-refractivity contribution in [2.75, 3.05) is 19.7 Å². The Kier molecular flexibility index (Phi) is 4.52. The van der Waals surface area contributed by atoms with Crippen LogP contribution in [-0.2, 0) is 16.0 Å². The Balaban J connectivity index is 1.83. The average Bonchev–Trinajstić information content (AvgIpc) is 2.74. The summed E-state index contributed by atoms with van der Waals surface area (Å²) in [5.41, 5.74) is 3.26. The number of ether oxygens (including phenoxy) is 1. The lowest BCUT2D eigenvalue weighted by Crippen LogP contribution is -2.26. The number of rotatable bonds is 6. The molecule has 0 radical (unpaired) electrons. The van der Waals surface area contributed by atoms with Gasteiger partial charge < -0.3 is 15.0 Å². The van der Waals surface area contributed by atoms with Crippen molar-refractivity contribution in [2.45, 2.75) is 20.3 Å². The molecule has 0 bridgehead atoms. The molecular weight excluding hydrogens is 242 g/mol. The number of aromatic amines is 1. The van der Waals surface area contributed by atoms with Crippen molar-refractivity contribution in [1.82, 2.24) is 15.3 Å². The molecule has 102 valence electrons. The molecule has 2 rings (SSSR count). The first kappa shape index (κ1) is 13.5. The van der Waals surface area contributed by atoms with Gasteiger partial charge in [-0.2, -0.15) is 0 Å². The van der Waals surface area contributed by atoms with Crippen LogP contribution in [0.3, 0.4) is 0 Å². The summed E-state index contributed by atoms with van der Waals surface area (Å²) in [6.07, 6.45) is 0.868. The van der Waals surface area contributed by atoms with Crippen molar-refractivity contribution in [2.24, 2.45) is 0 Å². The number of nitrogens with one attached hydrogen (secondary N) is 2. The maximum atomic E-state index is 11.1. The lowest BCUT2D eigenvalue weighted by Gasteiger charge is -2.04. The summed E-state index contributed by atoms with van der Waals surface area (Å²) < 4.78 is 4.84. The molecule has 2 aromatic rings. The van der Waals surface area contributed by atoms with Gasteiger partial charge in [0.1, 0.15) is 5.82 Å². The number of benzene rings is 1. The number of esters is 1. The molecule has 1 aromatic carbocycles. The van der Waals surface area contributed by atoms with Gasteiger partial charge in [0.2, 0.25) is 0 Å². The number of hydrogen-bond donors (Lipinski definition) is 2. The Morgan fingerprint density at radius 1 is 1.47 bits per heavy atom. The van der Waals surface area contributed by atoms with Crippen LogP contribution in [0.4, 0.5) is 0 Å². The number of H-pyrrole nitrogens is 1. The molecule has 1 heterocycles. The molecule has 0 atom stereocenters. The van der Waals surface area contributed by atoms with Crippen molar-refractivity contribution in [1.29, 1.82) is 0 Å². The highest BCUT2D eigenvalue weighted by Gasteiger charge is 2.02. The molecule has 5 nitrogen and oxygen atoms in total. The molecule has 0 saturated carbocycles. The standard InChI is InChI=1S/C14H19N3O2/c1-3-19-14(18)9-15-7-6-11-4-5-12-13(8-11)17-10(2)16-12/h4-5,8,15H,3,6-7,9H2,1-2H3,(H,16,17). The van der Waals surface area contributed by atoms with Gasteiger partial charge in [-0.25, -0.2) is 4.98 Å². The van der Waals surface area contributed by atoms with Crippen LogP contribution in [0.1, 0.15) is 18.3 Å². The van der Waals surface area contributed by atoms with Gasteiger partial charge in [-0.15, -0.1) is 0 Å². The highest BCUT2D eigenvalue weighted by molar-refractivity contribution is 5.75. The first-order valence-corrected chi connectivity index (χ1v) is 6.50. The maximum absolute atomic E-state index is 11.1. The zero-order chi connectivity index (χ0) is 13.7. The first-order valence-electron chi connectivity index (χ1n) is 6.50. The number of fused-ring (bicyclic) bond motifs is 1. The zero-order valence-electron chi connectivity index (χ0n) is 11.3. The minimum absolute atomic E-state index is 0.206. The van der Waals surface area contributed by atoms with E-state index in [1.165, 1.54) is 5.56 Å². The smallest absolute Gasteiger partial charge is 0.319 e. The summed E-state index contributed by atoms with van der Waals surface area (Å²) in [5.74, 6) is 0.717. The second-order valence-electron chi connectivity index (χ2n) is 4.41. The molecule has 0 aliphatic carbocycles. The number of carbonyl (C=O) groups excluding carboxylic acids is 1. The van der Waals surface area contributed by atoms with Crippen LogP contribution in [0.15, 0.2) is 18.2 Å². The highest BCUT2D eigenvalue weighted by atomic mass is 16.5. The second kappa shape index (κ2) is 6.33. The summed E-state index contributed by atoms with van der Waals surface area (Å²) in [7, 11) is 0. The first-order chi connectivity index (χ1) is 9.19. The van der Waals surface area contributed by atoms with Crippen LogP contribution >= 0.6 is 0 Å². The molecular formula is C14H19N3O2. The lowest BCUT2D eigenvalue weighted by molar-refractivity contribution is -0.141. The summed E-state index contributed by atoms with van der Waals surface area (Å²) >= 11 is 0. The van der Waals surface area contributed by atoms with Crippen LogP contribution in [0.2, 0.25) is 0 Å². The molecule has 0 spiro atoms. The van der Waals surface area contributed by atoms with E-state index < -0.39 is 0 Å². The molecule has 1 aromatic heterocycles. The van der Waals surface area contributed by atoms with Gasteiger partial charge in [-0.1, -0.05) is 6.07 Å². The molecule has 19 heavy (non-hydrogen) atoms. The van der Waals surface area contributed by atoms with Crippen LogP contribution in [0, 0.1) is 6.92 Å². The molecule has 0 aliphatic rings. The van der Waals surface area contributed by atoms with E-state index in [2.05, 4.69) is 27.4 Å². The van der Waals surface area contributed by atoms with Gasteiger partial charge in [0, 0.05) is 0 Å². The predicted molar refractivity (Wildman–Crippen MR) is 74.0 cm³/mol. The highest BCUT2D eigenvalue weighted by Crippen LogP contribution is 2.13. The van der Waals surface area contributed by atoms with Crippen LogP contribution < -0.4 is 5.32 Å². The minimum Gasteiger partial charge on any atom is -0.465 e. The van der Waals surface area contributed by atoms with Gasteiger partial charge in [0.05, 0.1) is 24.2 Å². The van der Waals surface area contributed by atoms with Crippen molar-refractivity contribution in [3.05, 3.63) is 29.6 Å². The van der Waals surface area contributed by atoms with E-state index in [1.807, 2.05) is 13.0 Å². The Morgan fingerprint density at radius 2 is 2.32 bits per heavy atom. The Hall–Kier alpha value is -1.88. The SMILES string of the molecule is CCOC(=O)CNCCc1ccc2nc(C)[nH]c2c1. The molecule has 5 heteroatoms. The molecule has 0 saturated heterocycles.